The first-order chi connectivity index (χ1) is 8.28. The summed E-state index contributed by atoms with van der Waals surface area (Å²) in [6.07, 6.45) is 3.92. The summed E-state index contributed by atoms with van der Waals surface area (Å²) in [6.45, 7) is 0. The molecule has 0 spiro atoms. The summed E-state index contributed by atoms with van der Waals surface area (Å²) in [4.78, 5) is 4.19. The number of hydrogen-bond acceptors (Lipinski definition) is 3. The number of aromatic nitrogens is 1. The molecule has 0 aliphatic rings. The number of hydrogen-bond donors (Lipinski definition) is 1. The van der Waals surface area contributed by atoms with E-state index in [-0.39, 0.29) is 0 Å². The van der Waals surface area contributed by atoms with Gasteiger partial charge in [-0.05, 0) is 35.9 Å². The molecule has 1 aromatic carbocycles. The lowest BCUT2D eigenvalue weighted by Gasteiger charge is -1.99. The van der Waals surface area contributed by atoms with E-state index in [0.717, 1.165) is 17.0 Å². The van der Waals surface area contributed by atoms with E-state index < -0.39 is 0 Å². The molecule has 2 aromatic rings. The van der Waals surface area contributed by atoms with Gasteiger partial charge in [0.25, 0.3) is 0 Å². The van der Waals surface area contributed by atoms with Gasteiger partial charge in [0, 0.05) is 0 Å². The van der Waals surface area contributed by atoms with Crippen LogP contribution in [0.2, 0.25) is 0 Å². The number of anilines is 1. The van der Waals surface area contributed by atoms with Gasteiger partial charge in [-0.2, -0.15) is 0 Å². The molecule has 0 radical (unpaired) electrons. The fourth-order valence-electron chi connectivity index (χ4n) is 1.46. The Hall–Kier alpha value is -2.29. The highest BCUT2D eigenvalue weighted by Crippen LogP contribution is 2.13. The van der Waals surface area contributed by atoms with Gasteiger partial charge < -0.3 is 10.5 Å². The van der Waals surface area contributed by atoms with Gasteiger partial charge in [-0.1, -0.05) is 24.3 Å². The number of benzene rings is 1. The minimum absolute atomic E-state index is 0.530. The molecule has 3 nitrogen and oxygen atoms in total. The summed E-state index contributed by atoms with van der Waals surface area (Å²) in [5, 5.41) is 0. The van der Waals surface area contributed by atoms with Gasteiger partial charge in [0.05, 0.1) is 12.8 Å². The maximum atomic E-state index is 5.60. The zero-order chi connectivity index (χ0) is 12.1. The molecule has 1 aromatic heterocycles. The van der Waals surface area contributed by atoms with Crippen molar-refractivity contribution in [3.8, 4) is 5.75 Å². The predicted molar refractivity (Wildman–Crippen MR) is 70.6 cm³/mol. The molecule has 2 N–H and O–H groups in total. The normalized spacial score (nSPS) is 10.6. The average Bonchev–Trinajstić information content (AvgIpc) is 2.37. The summed E-state index contributed by atoms with van der Waals surface area (Å²) in [5.74, 6) is 1.38. The van der Waals surface area contributed by atoms with Gasteiger partial charge in [-0.15, -0.1) is 0 Å². The Labute approximate surface area is 101 Å². The van der Waals surface area contributed by atoms with Crippen LogP contribution in [0.25, 0.3) is 12.2 Å². The number of nitrogen functional groups attached to an aromatic ring is 1. The summed E-state index contributed by atoms with van der Waals surface area (Å²) in [5.41, 5.74) is 7.54. The lowest BCUT2D eigenvalue weighted by atomic mass is 10.2. The molecular formula is C14H14N2O. The van der Waals surface area contributed by atoms with Crippen LogP contribution in [0.5, 0.6) is 5.75 Å². The van der Waals surface area contributed by atoms with Gasteiger partial charge in [0.15, 0.2) is 0 Å². The van der Waals surface area contributed by atoms with Crippen molar-refractivity contribution in [3.63, 3.8) is 0 Å². The number of nitrogens with zero attached hydrogens (tertiary/aromatic N) is 1. The third-order valence-corrected chi connectivity index (χ3v) is 2.35. The second-order valence-electron chi connectivity index (χ2n) is 3.59. The molecule has 17 heavy (non-hydrogen) atoms. The van der Waals surface area contributed by atoms with Gasteiger partial charge in [0.1, 0.15) is 11.6 Å². The molecule has 0 bridgehead atoms. The highest BCUT2D eigenvalue weighted by atomic mass is 16.5. The molecule has 2 rings (SSSR count). The van der Waals surface area contributed by atoms with Crippen LogP contribution in [0.15, 0.2) is 42.5 Å². The first kappa shape index (κ1) is 11.2. The van der Waals surface area contributed by atoms with Crippen LogP contribution in [0.3, 0.4) is 0 Å². The van der Waals surface area contributed by atoms with Crippen molar-refractivity contribution in [2.75, 3.05) is 12.8 Å². The Morgan fingerprint density at radius 1 is 1.06 bits per heavy atom. The lowest BCUT2D eigenvalue weighted by Crippen LogP contribution is -1.90. The van der Waals surface area contributed by atoms with Gasteiger partial charge >= 0.3 is 0 Å². The Morgan fingerprint density at radius 3 is 2.47 bits per heavy atom. The average molecular weight is 226 g/mol. The Bertz CT molecular complexity index is 518. The fourth-order valence-corrected chi connectivity index (χ4v) is 1.46. The van der Waals surface area contributed by atoms with E-state index >= 15 is 0 Å². The Balaban J connectivity index is 2.14. The van der Waals surface area contributed by atoms with Crippen LogP contribution in [-0.2, 0) is 0 Å². The molecule has 0 saturated carbocycles. The van der Waals surface area contributed by atoms with Crippen LogP contribution in [0.4, 0.5) is 5.82 Å². The van der Waals surface area contributed by atoms with Crippen molar-refractivity contribution in [3.05, 3.63) is 53.7 Å². The molecule has 86 valence electrons. The SMILES string of the molecule is COc1ccc(/C=C/c2cccc(N)n2)cc1. The summed E-state index contributed by atoms with van der Waals surface area (Å²) in [6, 6.07) is 13.4. The zero-order valence-electron chi connectivity index (χ0n) is 9.63. The minimum Gasteiger partial charge on any atom is -0.497 e. The molecule has 0 unspecified atom stereocenters. The number of pyridine rings is 1. The predicted octanol–water partition coefficient (Wildman–Crippen LogP) is 2.84. The van der Waals surface area contributed by atoms with Gasteiger partial charge in [-0.3, -0.25) is 0 Å². The van der Waals surface area contributed by atoms with Crippen molar-refractivity contribution < 1.29 is 4.74 Å². The molecule has 0 saturated heterocycles. The van der Waals surface area contributed by atoms with Crippen molar-refractivity contribution in [2.45, 2.75) is 0 Å². The van der Waals surface area contributed by atoms with Crippen molar-refractivity contribution >= 4 is 18.0 Å². The largest absolute Gasteiger partial charge is 0.497 e. The minimum atomic E-state index is 0.530. The van der Waals surface area contributed by atoms with E-state index in [1.165, 1.54) is 0 Å². The van der Waals surface area contributed by atoms with E-state index in [4.69, 9.17) is 10.5 Å². The van der Waals surface area contributed by atoms with Crippen molar-refractivity contribution in [2.24, 2.45) is 0 Å². The Morgan fingerprint density at radius 2 is 1.82 bits per heavy atom. The molecule has 0 aliphatic carbocycles. The number of nitrogens with two attached hydrogens (primary N) is 1. The van der Waals surface area contributed by atoms with Crippen LogP contribution in [0.1, 0.15) is 11.3 Å². The second kappa shape index (κ2) is 5.16. The molecule has 0 amide bonds. The fraction of sp³-hybridized carbons (Fsp3) is 0.0714. The van der Waals surface area contributed by atoms with E-state index in [1.54, 1.807) is 13.2 Å². The maximum absolute atomic E-state index is 5.60. The molecule has 1 heterocycles. The molecule has 0 fully saturated rings. The van der Waals surface area contributed by atoms with Gasteiger partial charge in [-0.25, -0.2) is 4.98 Å². The summed E-state index contributed by atoms with van der Waals surface area (Å²) < 4.78 is 5.09. The monoisotopic (exact) mass is 226 g/mol. The third kappa shape index (κ3) is 3.08. The van der Waals surface area contributed by atoms with Crippen LogP contribution >= 0.6 is 0 Å². The van der Waals surface area contributed by atoms with Crippen LogP contribution in [0, 0.1) is 0 Å². The zero-order valence-corrected chi connectivity index (χ0v) is 9.63. The molecule has 0 aliphatic heterocycles. The Kier molecular flexibility index (Phi) is 3.40. The van der Waals surface area contributed by atoms with Crippen LogP contribution in [-0.4, -0.2) is 12.1 Å². The highest BCUT2D eigenvalue weighted by molar-refractivity contribution is 5.68. The van der Waals surface area contributed by atoms with E-state index in [9.17, 15) is 0 Å². The molecule has 0 atom stereocenters. The van der Waals surface area contributed by atoms with E-state index in [0.29, 0.717) is 5.82 Å². The lowest BCUT2D eigenvalue weighted by molar-refractivity contribution is 0.415. The van der Waals surface area contributed by atoms with Gasteiger partial charge in [0.2, 0.25) is 0 Å². The second-order valence-corrected chi connectivity index (χ2v) is 3.59. The summed E-state index contributed by atoms with van der Waals surface area (Å²) in [7, 11) is 1.65. The van der Waals surface area contributed by atoms with Crippen molar-refractivity contribution in [1.82, 2.24) is 4.98 Å². The molecular weight excluding hydrogens is 212 g/mol. The first-order valence-electron chi connectivity index (χ1n) is 5.32. The van der Waals surface area contributed by atoms with E-state index in [2.05, 4.69) is 4.98 Å². The number of methoxy groups -OCH3 is 1. The number of rotatable bonds is 3. The summed E-state index contributed by atoms with van der Waals surface area (Å²) >= 11 is 0. The highest BCUT2D eigenvalue weighted by Gasteiger charge is 1.92. The molecule has 3 heteroatoms. The van der Waals surface area contributed by atoms with Crippen molar-refractivity contribution in [1.29, 1.82) is 0 Å². The van der Waals surface area contributed by atoms with Crippen LogP contribution < -0.4 is 10.5 Å². The quantitative estimate of drug-likeness (QED) is 0.875. The topological polar surface area (TPSA) is 48.1 Å². The van der Waals surface area contributed by atoms with E-state index in [1.807, 2.05) is 48.6 Å². The third-order valence-electron chi connectivity index (χ3n) is 2.35. The first-order valence-corrected chi connectivity index (χ1v) is 5.32. The smallest absolute Gasteiger partial charge is 0.124 e. The standard InChI is InChI=1S/C14H14N2O/c1-17-13-9-6-11(7-10-13)5-8-12-3-2-4-14(15)16-12/h2-10H,1H3,(H2,15,16)/b8-5+. The maximum Gasteiger partial charge on any atom is 0.124 e. The number of ether oxygens (including phenoxy) is 1.